The molecule has 1 amide bonds. The van der Waals surface area contributed by atoms with Crippen molar-refractivity contribution in [1.82, 2.24) is 0 Å². The highest BCUT2D eigenvalue weighted by Crippen LogP contribution is 2.38. The molecular weight excluding hydrogens is 467 g/mol. The van der Waals surface area contributed by atoms with Gasteiger partial charge < -0.3 is 24.3 Å². The fourth-order valence-electron chi connectivity index (χ4n) is 2.87. The Morgan fingerprint density at radius 1 is 1.03 bits per heavy atom. The summed E-state index contributed by atoms with van der Waals surface area (Å²) in [5.74, 6) is -0.249. The van der Waals surface area contributed by atoms with Gasteiger partial charge in [-0.15, -0.1) is 0 Å². The van der Waals surface area contributed by atoms with Crippen LogP contribution < -0.4 is 19.5 Å². The molecule has 0 aliphatic heterocycles. The van der Waals surface area contributed by atoms with Crippen LogP contribution in [0.15, 0.2) is 30.3 Å². The van der Waals surface area contributed by atoms with Gasteiger partial charge in [-0.1, -0.05) is 11.6 Å². The summed E-state index contributed by atoms with van der Waals surface area (Å²) in [5.41, 5.74) is -0.511. The van der Waals surface area contributed by atoms with Gasteiger partial charge in [0.2, 0.25) is 5.75 Å². The number of hydrogen-bond acceptors (Lipinski definition) is 6. The molecule has 0 heterocycles. The number of benzene rings is 2. The summed E-state index contributed by atoms with van der Waals surface area (Å²) >= 11 is 5.87. The molecule has 0 aliphatic carbocycles. The standard InChI is InChI=1S/C22H23ClF3NO6/c1-12(21(29)27-16-11-14(22(24,25)26)6-7-15(16)23)33-19(28)8-5-13-9-17(30-2)20(32-4)18(10-13)31-3/h6-7,9-12H,5,8H2,1-4H3,(H,27,29)/t12-/m1/s1. The van der Waals surface area contributed by atoms with E-state index in [1.165, 1.54) is 28.3 Å². The second-order valence-electron chi connectivity index (χ2n) is 6.85. The minimum atomic E-state index is -4.60. The molecule has 0 radical (unpaired) electrons. The van der Waals surface area contributed by atoms with Gasteiger partial charge in [-0.2, -0.15) is 13.2 Å². The van der Waals surface area contributed by atoms with E-state index in [1.54, 1.807) is 12.1 Å². The van der Waals surface area contributed by atoms with Crippen molar-refractivity contribution in [2.45, 2.75) is 32.0 Å². The normalized spacial score (nSPS) is 12.0. The van der Waals surface area contributed by atoms with Gasteiger partial charge in [0, 0.05) is 6.42 Å². The number of ether oxygens (including phenoxy) is 4. The molecule has 0 saturated carbocycles. The second-order valence-corrected chi connectivity index (χ2v) is 7.25. The summed E-state index contributed by atoms with van der Waals surface area (Å²) in [6.45, 7) is 1.30. The minimum Gasteiger partial charge on any atom is -0.493 e. The number of esters is 1. The van der Waals surface area contributed by atoms with Crippen molar-refractivity contribution >= 4 is 29.2 Å². The predicted octanol–water partition coefficient (Wildman–Crippen LogP) is 4.89. The van der Waals surface area contributed by atoms with Crippen molar-refractivity contribution < 1.29 is 41.7 Å². The number of aryl methyl sites for hydroxylation is 1. The zero-order chi connectivity index (χ0) is 24.8. The zero-order valence-electron chi connectivity index (χ0n) is 18.3. The number of alkyl halides is 3. The molecule has 0 aliphatic rings. The molecule has 7 nitrogen and oxygen atoms in total. The lowest BCUT2D eigenvalue weighted by atomic mass is 10.1. The Balaban J connectivity index is 1.99. The molecule has 11 heteroatoms. The van der Waals surface area contributed by atoms with Gasteiger partial charge in [-0.3, -0.25) is 9.59 Å². The van der Waals surface area contributed by atoms with Crippen LogP contribution in [0, 0.1) is 0 Å². The van der Waals surface area contributed by atoms with Crippen LogP contribution in [0.5, 0.6) is 17.2 Å². The van der Waals surface area contributed by atoms with Gasteiger partial charge in [0.25, 0.3) is 5.91 Å². The molecule has 33 heavy (non-hydrogen) atoms. The highest BCUT2D eigenvalue weighted by Gasteiger charge is 2.31. The first-order valence-electron chi connectivity index (χ1n) is 9.66. The first kappa shape index (κ1) is 26.1. The quantitative estimate of drug-likeness (QED) is 0.505. The van der Waals surface area contributed by atoms with E-state index in [-0.39, 0.29) is 23.6 Å². The van der Waals surface area contributed by atoms with E-state index in [0.29, 0.717) is 28.9 Å². The van der Waals surface area contributed by atoms with Crippen LogP contribution >= 0.6 is 11.6 Å². The molecule has 0 aromatic heterocycles. The van der Waals surface area contributed by atoms with Crippen LogP contribution in [0.2, 0.25) is 5.02 Å². The maximum Gasteiger partial charge on any atom is 0.416 e. The molecule has 0 saturated heterocycles. The van der Waals surface area contributed by atoms with Crippen molar-refractivity contribution in [2.75, 3.05) is 26.6 Å². The van der Waals surface area contributed by atoms with E-state index in [1.807, 2.05) is 0 Å². The number of rotatable bonds is 9. The fraction of sp³-hybridized carbons (Fsp3) is 0.364. The number of amides is 1. The number of nitrogens with one attached hydrogen (secondary N) is 1. The van der Waals surface area contributed by atoms with Crippen molar-refractivity contribution in [2.24, 2.45) is 0 Å². The number of carbonyl (C=O) groups is 2. The minimum absolute atomic E-state index is 0.0689. The molecule has 1 atom stereocenters. The molecule has 0 spiro atoms. The van der Waals surface area contributed by atoms with Crippen LogP contribution in [0.3, 0.4) is 0 Å². The van der Waals surface area contributed by atoms with Crippen molar-refractivity contribution in [1.29, 1.82) is 0 Å². The van der Waals surface area contributed by atoms with E-state index in [9.17, 15) is 22.8 Å². The van der Waals surface area contributed by atoms with Gasteiger partial charge in [-0.25, -0.2) is 0 Å². The lowest BCUT2D eigenvalue weighted by Gasteiger charge is -2.16. The van der Waals surface area contributed by atoms with Gasteiger partial charge in [0.1, 0.15) is 0 Å². The summed E-state index contributed by atoms with van der Waals surface area (Å²) < 4.78 is 59.5. The number of carbonyl (C=O) groups excluding carboxylic acids is 2. The molecule has 2 aromatic carbocycles. The molecule has 2 aromatic rings. The average Bonchev–Trinajstić information content (AvgIpc) is 2.77. The van der Waals surface area contributed by atoms with Crippen molar-refractivity contribution in [3.8, 4) is 17.2 Å². The SMILES string of the molecule is COc1cc(CCC(=O)O[C@H](C)C(=O)Nc2cc(C(F)(F)F)ccc2Cl)cc(OC)c1OC. The molecular formula is C22H23ClF3NO6. The molecule has 1 N–H and O–H groups in total. The number of hydrogen-bond donors (Lipinski definition) is 1. The molecule has 0 unspecified atom stereocenters. The third-order valence-corrected chi connectivity index (χ3v) is 4.90. The summed E-state index contributed by atoms with van der Waals surface area (Å²) in [7, 11) is 4.40. The van der Waals surface area contributed by atoms with Crippen LogP contribution in [-0.4, -0.2) is 39.3 Å². The predicted molar refractivity (Wildman–Crippen MR) is 115 cm³/mol. The van der Waals surface area contributed by atoms with Gasteiger partial charge in [0.05, 0.1) is 37.6 Å². The molecule has 0 fully saturated rings. The van der Waals surface area contributed by atoms with E-state index in [0.717, 1.165) is 12.1 Å². The number of anilines is 1. The first-order chi connectivity index (χ1) is 15.5. The third-order valence-electron chi connectivity index (χ3n) is 4.57. The van der Waals surface area contributed by atoms with Gasteiger partial charge in [0.15, 0.2) is 17.6 Å². The highest BCUT2D eigenvalue weighted by molar-refractivity contribution is 6.33. The fourth-order valence-corrected chi connectivity index (χ4v) is 3.03. The van der Waals surface area contributed by atoms with E-state index in [4.69, 9.17) is 30.5 Å². The Labute approximate surface area is 193 Å². The van der Waals surface area contributed by atoms with Crippen LogP contribution in [0.1, 0.15) is 24.5 Å². The van der Waals surface area contributed by atoms with E-state index >= 15 is 0 Å². The summed E-state index contributed by atoms with van der Waals surface area (Å²) in [5, 5.41) is 2.16. The lowest BCUT2D eigenvalue weighted by molar-refractivity contribution is -0.153. The third kappa shape index (κ3) is 6.92. The van der Waals surface area contributed by atoms with Crippen LogP contribution in [0.25, 0.3) is 0 Å². The maximum atomic E-state index is 12.9. The molecule has 0 bridgehead atoms. The first-order valence-corrected chi connectivity index (χ1v) is 10.0. The number of methoxy groups -OCH3 is 3. The monoisotopic (exact) mass is 489 g/mol. The largest absolute Gasteiger partial charge is 0.493 e. The van der Waals surface area contributed by atoms with E-state index in [2.05, 4.69) is 5.32 Å². The number of halogens is 4. The molecule has 180 valence electrons. The smallest absolute Gasteiger partial charge is 0.416 e. The van der Waals surface area contributed by atoms with E-state index < -0.39 is 29.7 Å². The lowest BCUT2D eigenvalue weighted by Crippen LogP contribution is -2.30. The Morgan fingerprint density at radius 3 is 2.15 bits per heavy atom. The maximum absolute atomic E-state index is 12.9. The Hall–Kier alpha value is -3.14. The van der Waals surface area contributed by atoms with Gasteiger partial charge >= 0.3 is 12.1 Å². The van der Waals surface area contributed by atoms with Gasteiger partial charge in [-0.05, 0) is 49.2 Å². The van der Waals surface area contributed by atoms with Crippen LogP contribution in [-0.2, 0) is 26.9 Å². The highest BCUT2D eigenvalue weighted by atomic mass is 35.5. The Kier molecular flexibility index (Phi) is 8.81. The average molecular weight is 490 g/mol. The summed E-state index contributed by atoms with van der Waals surface area (Å²) in [4.78, 5) is 24.5. The second kappa shape index (κ2) is 11.1. The Bertz CT molecular complexity index is 987. The molecule has 2 rings (SSSR count). The zero-order valence-corrected chi connectivity index (χ0v) is 19.1. The van der Waals surface area contributed by atoms with Crippen molar-refractivity contribution in [3.05, 3.63) is 46.5 Å². The topological polar surface area (TPSA) is 83.1 Å². The summed E-state index contributed by atoms with van der Waals surface area (Å²) in [6, 6.07) is 5.89. The van der Waals surface area contributed by atoms with Crippen LogP contribution in [0.4, 0.5) is 18.9 Å². The van der Waals surface area contributed by atoms with Crippen molar-refractivity contribution in [3.63, 3.8) is 0 Å². The Morgan fingerprint density at radius 2 is 1.64 bits per heavy atom. The summed E-state index contributed by atoms with van der Waals surface area (Å²) in [6.07, 6.45) is -5.68.